The highest BCUT2D eigenvalue weighted by Gasteiger charge is 2.38. The van der Waals surface area contributed by atoms with Crippen LogP contribution in [0.4, 0.5) is 0 Å². The molecule has 0 saturated carbocycles. The smallest absolute Gasteiger partial charge is 0.242 e. The molecule has 1 nitrogen and oxygen atoms in total. The van der Waals surface area contributed by atoms with Gasteiger partial charge in [-0.15, -0.1) is 0 Å². The van der Waals surface area contributed by atoms with Crippen LogP contribution < -0.4 is 9.61 Å². The van der Waals surface area contributed by atoms with E-state index in [9.17, 15) is 0 Å². The average Bonchev–Trinajstić information content (AvgIpc) is 2.97. The molecule has 0 spiro atoms. The second-order valence-electron chi connectivity index (χ2n) is 11.6. The van der Waals surface area contributed by atoms with Crippen molar-refractivity contribution in [1.82, 2.24) is 0 Å². The van der Waals surface area contributed by atoms with Crippen LogP contribution in [0.1, 0.15) is 52.7 Å². The molecule has 0 saturated heterocycles. The summed E-state index contributed by atoms with van der Waals surface area (Å²) >= 11 is 0. The van der Waals surface area contributed by atoms with E-state index >= 15 is 0 Å². The summed E-state index contributed by atoms with van der Waals surface area (Å²) in [5.41, 5.74) is 3.51. The first-order valence-corrected chi connectivity index (χ1v) is 16.8. The van der Waals surface area contributed by atoms with Gasteiger partial charge in [0.1, 0.15) is 5.75 Å². The van der Waals surface area contributed by atoms with Gasteiger partial charge in [-0.1, -0.05) is 91.1 Å². The molecule has 1 aliphatic rings. The Bertz CT molecular complexity index is 738. The first kappa shape index (κ1) is 22.2. The van der Waals surface area contributed by atoms with E-state index in [-0.39, 0.29) is 10.8 Å². The van der Waals surface area contributed by atoms with E-state index in [1.54, 1.807) is 0 Å². The van der Waals surface area contributed by atoms with E-state index in [0.29, 0.717) is 5.54 Å². The van der Waals surface area contributed by atoms with Gasteiger partial charge in [0, 0.05) is 0 Å². The van der Waals surface area contributed by atoms with Gasteiger partial charge >= 0.3 is 0 Å². The molecule has 27 heavy (non-hydrogen) atoms. The zero-order valence-electron chi connectivity index (χ0n) is 19.4. The predicted molar refractivity (Wildman–Crippen MR) is 127 cm³/mol. The van der Waals surface area contributed by atoms with Crippen molar-refractivity contribution in [1.29, 1.82) is 0 Å². The minimum absolute atomic E-state index is 0.0524. The normalized spacial score (nSPS) is 16.3. The molecule has 0 N–H and O–H groups in total. The van der Waals surface area contributed by atoms with Crippen molar-refractivity contribution in [2.45, 2.75) is 90.6 Å². The van der Waals surface area contributed by atoms with Gasteiger partial charge in [0.25, 0.3) is 0 Å². The highest BCUT2D eigenvalue weighted by Crippen LogP contribution is 2.39. The summed E-state index contributed by atoms with van der Waals surface area (Å²) in [5.74, 6) is 1.19. The van der Waals surface area contributed by atoms with Gasteiger partial charge in [-0.3, -0.25) is 0 Å². The summed E-state index contributed by atoms with van der Waals surface area (Å²) in [7, 11) is -3.52. The lowest BCUT2D eigenvalue weighted by molar-refractivity contribution is 0.506. The van der Waals surface area contributed by atoms with Gasteiger partial charge in [0.05, 0.1) is 8.07 Å². The Hall–Kier alpha value is -1.07. The van der Waals surface area contributed by atoms with Crippen LogP contribution >= 0.6 is 0 Å². The molecule has 0 atom stereocenters. The van der Waals surface area contributed by atoms with E-state index in [1.165, 1.54) is 22.1 Å². The molecule has 1 aliphatic carbocycles. The van der Waals surface area contributed by atoms with Crippen LogP contribution in [0.3, 0.4) is 0 Å². The molecule has 2 rings (SSSR count). The average molecular weight is 401 g/mol. The lowest BCUT2D eigenvalue weighted by Gasteiger charge is -2.37. The second kappa shape index (κ2) is 7.07. The highest BCUT2D eigenvalue weighted by atomic mass is 28.4. The molecule has 1 aromatic rings. The standard InChI is InChI=1S/C24H40OSi2/c1-23(2,3)18-16-20(24(4,5)6)22(25-26(7,8)9)21(17-18)27(10,11)19-14-12-13-15-19/h12-17,19H,1-11H3. The molecule has 150 valence electrons. The van der Waals surface area contributed by atoms with E-state index < -0.39 is 16.4 Å². The molecule has 0 amide bonds. The van der Waals surface area contributed by atoms with Gasteiger partial charge in [-0.2, -0.15) is 0 Å². The fraction of sp³-hybridized carbons (Fsp3) is 0.583. The molecule has 0 bridgehead atoms. The highest BCUT2D eigenvalue weighted by molar-refractivity contribution is 6.92. The Morgan fingerprint density at radius 2 is 1.30 bits per heavy atom. The quantitative estimate of drug-likeness (QED) is 0.499. The van der Waals surface area contributed by atoms with Crippen LogP contribution in [0, 0.1) is 0 Å². The molecular formula is C24H40OSi2. The van der Waals surface area contributed by atoms with Crippen molar-refractivity contribution in [3.63, 3.8) is 0 Å². The van der Waals surface area contributed by atoms with Crippen LogP contribution in [0.25, 0.3) is 0 Å². The molecule has 0 unspecified atom stereocenters. The molecule has 0 aliphatic heterocycles. The molecule has 1 aromatic carbocycles. The van der Waals surface area contributed by atoms with Crippen molar-refractivity contribution in [2.75, 3.05) is 0 Å². The molecule has 0 fully saturated rings. The van der Waals surface area contributed by atoms with Crippen LogP contribution in [0.2, 0.25) is 38.3 Å². The number of hydrogen-bond donors (Lipinski definition) is 0. The fourth-order valence-corrected chi connectivity index (χ4v) is 7.38. The van der Waals surface area contributed by atoms with Crippen molar-refractivity contribution in [3.8, 4) is 5.75 Å². The van der Waals surface area contributed by atoms with Crippen LogP contribution in [0.5, 0.6) is 5.75 Å². The third-order valence-corrected chi connectivity index (χ3v) is 10.1. The third-order valence-electron chi connectivity index (χ3n) is 5.45. The number of hydrogen-bond acceptors (Lipinski definition) is 1. The summed E-state index contributed by atoms with van der Waals surface area (Å²) < 4.78 is 6.83. The Morgan fingerprint density at radius 1 is 0.778 bits per heavy atom. The molecule has 3 heteroatoms. The second-order valence-corrected chi connectivity index (χ2v) is 20.7. The third kappa shape index (κ3) is 5.06. The van der Waals surface area contributed by atoms with Crippen molar-refractivity contribution in [2.24, 2.45) is 0 Å². The zero-order chi connectivity index (χ0) is 20.8. The Labute approximate surface area is 170 Å². The van der Waals surface area contributed by atoms with Gasteiger partial charge in [-0.05, 0) is 52.3 Å². The van der Waals surface area contributed by atoms with E-state index in [2.05, 4.69) is 111 Å². The van der Waals surface area contributed by atoms with Crippen LogP contribution in [-0.2, 0) is 10.8 Å². The maximum Gasteiger partial charge on any atom is 0.242 e. The van der Waals surface area contributed by atoms with Crippen molar-refractivity contribution in [3.05, 3.63) is 47.6 Å². The minimum Gasteiger partial charge on any atom is -0.544 e. The molecule has 0 aromatic heterocycles. The summed E-state index contributed by atoms with van der Waals surface area (Å²) in [5, 5.41) is 1.49. The summed E-state index contributed by atoms with van der Waals surface area (Å²) in [6.45, 7) is 25.8. The van der Waals surface area contributed by atoms with Crippen molar-refractivity contribution < 1.29 is 4.43 Å². The summed E-state index contributed by atoms with van der Waals surface area (Å²) in [4.78, 5) is 0. The summed E-state index contributed by atoms with van der Waals surface area (Å²) in [6, 6.07) is 4.90. The zero-order valence-corrected chi connectivity index (χ0v) is 21.4. The fourth-order valence-electron chi connectivity index (χ4n) is 3.61. The van der Waals surface area contributed by atoms with E-state index in [1.807, 2.05) is 0 Å². The predicted octanol–water partition coefficient (Wildman–Crippen LogP) is 6.91. The SMILES string of the molecule is CC(C)(C)c1cc(C(C)(C)C)c(O[Si](C)(C)C)c([Si](C)(C)C2C=CC=C2)c1. The Kier molecular flexibility index (Phi) is 5.82. The number of allylic oxidation sites excluding steroid dienone is 4. The first-order valence-electron chi connectivity index (χ1n) is 10.3. The van der Waals surface area contributed by atoms with Gasteiger partial charge in [-0.25, -0.2) is 0 Å². The van der Waals surface area contributed by atoms with Gasteiger partial charge in [0.2, 0.25) is 8.32 Å². The molecular weight excluding hydrogens is 360 g/mol. The van der Waals surface area contributed by atoms with Gasteiger partial charge in [0.15, 0.2) is 0 Å². The van der Waals surface area contributed by atoms with Crippen LogP contribution in [-0.4, -0.2) is 16.4 Å². The molecule has 0 radical (unpaired) electrons. The Morgan fingerprint density at radius 3 is 1.70 bits per heavy atom. The number of rotatable bonds is 4. The maximum atomic E-state index is 6.83. The van der Waals surface area contributed by atoms with E-state index in [0.717, 1.165) is 0 Å². The largest absolute Gasteiger partial charge is 0.544 e. The Balaban J connectivity index is 2.85. The maximum absolute atomic E-state index is 6.83. The van der Waals surface area contributed by atoms with Crippen molar-refractivity contribution >= 4 is 21.6 Å². The minimum atomic E-state index is -1.79. The van der Waals surface area contributed by atoms with E-state index in [4.69, 9.17) is 4.43 Å². The lowest BCUT2D eigenvalue weighted by atomic mass is 9.80. The topological polar surface area (TPSA) is 9.23 Å². The lowest BCUT2D eigenvalue weighted by Crippen LogP contribution is -2.48. The van der Waals surface area contributed by atoms with Gasteiger partial charge < -0.3 is 4.43 Å². The molecule has 0 heterocycles. The van der Waals surface area contributed by atoms with Crippen LogP contribution in [0.15, 0.2) is 36.4 Å². The first-order chi connectivity index (χ1) is 12.0. The monoisotopic (exact) mass is 400 g/mol. The summed E-state index contributed by atoms with van der Waals surface area (Å²) in [6.07, 6.45) is 9.17. The number of benzene rings is 1.